The molecule has 3 fully saturated rings. The second-order valence-electron chi connectivity index (χ2n) is 12.8. The summed E-state index contributed by atoms with van der Waals surface area (Å²) in [6.45, 7) is 6.51. The van der Waals surface area contributed by atoms with Gasteiger partial charge in [-0.15, -0.1) is 0 Å². The summed E-state index contributed by atoms with van der Waals surface area (Å²) in [5.74, 6) is -0.929. The summed E-state index contributed by atoms with van der Waals surface area (Å²) < 4.78 is 23.0. The van der Waals surface area contributed by atoms with Crippen LogP contribution >= 0.6 is 0 Å². The second kappa shape index (κ2) is 10.9. The van der Waals surface area contributed by atoms with Gasteiger partial charge in [-0.05, 0) is 56.1 Å². The number of aliphatic hydroxyl groups excluding tert-OH is 1. The van der Waals surface area contributed by atoms with Crippen molar-refractivity contribution in [2.45, 2.75) is 82.0 Å². The Hall–Kier alpha value is -3.08. The molecule has 0 aliphatic carbocycles. The van der Waals surface area contributed by atoms with E-state index in [4.69, 9.17) is 4.74 Å². The normalized spacial score (nSPS) is 29.3. The molecule has 5 atom stereocenters. The highest BCUT2D eigenvalue weighted by Gasteiger charge is 2.67. The smallest absolute Gasteiger partial charge is 0.264 e. The molecule has 0 aromatic heterocycles. The molecule has 0 bridgehead atoms. The molecule has 6 rings (SSSR count). The lowest BCUT2D eigenvalue weighted by atomic mass is 9.82. The second-order valence-corrected chi connectivity index (χ2v) is 16.6. The van der Waals surface area contributed by atoms with Gasteiger partial charge in [0, 0.05) is 42.2 Å². The van der Waals surface area contributed by atoms with Gasteiger partial charge in [0.1, 0.15) is 0 Å². The summed E-state index contributed by atoms with van der Waals surface area (Å²) in [7, 11) is -3.45. The first kappa shape index (κ1) is 29.0. The van der Waals surface area contributed by atoms with Crippen LogP contribution in [0.4, 0.5) is 15.5 Å². The van der Waals surface area contributed by atoms with Crippen LogP contribution in [-0.4, -0.2) is 68.0 Å². The van der Waals surface area contributed by atoms with E-state index < -0.39 is 31.6 Å². The third-order valence-electron chi connectivity index (χ3n) is 9.80. The quantitative estimate of drug-likeness (QED) is 0.377. The lowest BCUT2D eigenvalue weighted by Gasteiger charge is -2.31. The number of halogens is 1. The van der Waals surface area contributed by atoms with Gasteiger partial charge in [-0.3, -0.25) is 14.4 Å². The van der Waals surface area contributed by atoms with Crippen molar-refractivity contribution >= 4 is 37.5 Å². The molecule has 224 valence electrons. The molecule has 8 nitrogen and oxygen atoms in total. The lowest BCUT2D eigenvalue weighted by molar-refractivity contribution is -0.150. The largest absolute Gasteiger partial charge is 0.394 e. The van der Waals surface area contributed by atoms with Gasteiger partial charge in [-0.1, -0.05) is 37.3 Å². The minimum Gasteiger partial charge on any atom is -0.394 e. The first-order valence-corrected chi connectivity index (χ1v) is 18.1. The first-order valence-electron chi connectivity index (χ1n) is 15.1. The summed E-state index contributed by atoms with van der Waals surface area (Å²) in [6, 6.07) is 15.1. The summed E-state index contributed by atoms with van der Waals surface area (Å²) in [4.78, 5) is 46.0. The molecule has 3 amide bonds. The molecule has 4 heterocycles. The number of aliphatic hydroxyl groups is 1. The first-order chi connectivity index (χ1) is 20.1. The molecule has 0 saturated carbocycles. The number of likely N-dealkylation sites (tertiary alicyclic amines) is 1. The third kappa shape index (κ3) is 4.68. The van der Waals surface area contributed by atoms with Crippen LogP contribution in [0.2, 0.25) is 18.6 Å². The van der Waals surface area contributed by atoms with Crippen molar-refractivity contribution in [2.75, 3.05) is 29.5 Å². The number of hydrogen-bond acceptors (Lipinski definition) is 5. The van der Waals surface area contributed by atoms with Gasteiger partial charge < -0.3 is 28.7 Å². The summed E-state index contributed by atoms with van der Waals surface area (Å²) in [5.41, 5.74) is 0.899. The van der Waals surface area contributed by atoms with Crippen molar-refractivity contribution in [3.8, 4) is 0 Å². The maximum absolute atomic E-state index is 16.2. The molecule has 2 aromatic carbocycles. The maximum Gasteiger partial charge on any atom is 0.264 e. The highest BCUT2D eigenvalue weighted by Crippen LogP contribution is 2.61. The fourth-order valence-corrected chi connectivity index (χ4v) is 10.4. The van der Waals surface area contributed by atoms with Gasteiger partial charge in [0.2, 0.25) is 20.2 Å². The average molecular weight is 594 g/mol. The Morgan fingerprint density at radius 3 is 2.55 bits per heavy atom. The van der Waals surface area contributed by atoms with Crippen LogP contribution < -0.4 is 9.80 Å². The number of fused-ring (bicyclic) bond motifs is 2. The Bertz CT molecular complexity index is 1380. The summed E-state index contributed by atoms with van der Waals surface area (Å²) >= 11 is 0. The Labute approximate surface area is 247 Å². The fraction of sp³-hybridized carbons (Fsp3) is 0.531. The topological polar surface area (TPSA) is 90.4 Å². The zero-order chi connectivity index (χ0) is 29.8. The van der Waals surface area contributed by atoms with E-state index in [9.17, 15) is 19.5 Å². The van der Waals surface area contributed by atoms with Crippen molar-refractivity contribution in [2.24, 2.45) is 5.92 Å². The van der Waals surface area contributed by atoms with Crippen molar-refractivity contribution in [3.05, 3.63) is 59.7 Å². The highest BCUT2D eigenvalue weighted by atomic mass is 28.4. The number of ether oxygens (including phenoxy) is 1. The zero-order valence-corrected chi connectivity index (χ0v) is 25.6. The number of rotatable bonds is 7. The van der Waals surface area contributed by atoms with E-state index in [1.807, 2.05) is 55.5 Å². The number of carbonyl (C=O) groups is 3. The highest BCUT2D eigenvalue weighted by molar-refractivity contribution is 6.72. The molecular weight excluding hydrogens is 553 g/mol. The van der Waals surface area contributed by atoms with Crippen LogP contribution in [0.15, 0.2) is 48.5 Å². The van der Waals surface area contributed by atoms with Crippen LogP contribution in [0.5, 0.6) is 0 Å². The molecular formula is C32H40FN3O5Si. The number of benzene rings is 2. The predicted molar refractivity (Wildman–Crippen MR) is 160 cm³/mol. The van der Waals surface area contributed by atoms with Gasteiger partial charge in [0.05, 0.1) is 37.4 Å². The molecule has 3 saturated heterocycles. The molecule has 2 aromatic rings. The maximum atomic E-state index is 16.2. The molecule has 1 spiro atoms. The number of amides is 3. The van der Waals surface area contributed by atoms with Gasteiger partial charge in [-0.2, -0.15) is 0 Å². The average Bonchev–Trinajstić information content (AvgIpc) is 3.72. The molecule has 4 aliphatic heterocycles. The molecule has 0 radical (unpaired) electrons. The Morgan fingerprint density at radius 2 is 1.88 bits per heavy atom. The van der Waals surface area contributed by atoms with E-state index in [0.29, 0.717) is 43.0 Å². The number of nitrogens with zero attached hydrogens (tertiary/aromatic N) is 3. The van der Waals surface area contributed by atoms with Gasteiger partial charge in [0.15, 0.2) is 5.60 Å². The minimum absolute atomic E-state index is 0.0394. The third-order valence-corrected chi connectivity index (χ3v) is 12.3. The van der Waals surface area contributed by atoms with Crippen molar-refractivity contribution in [1.29, 1.82) is 0 Å². The molecule has 4 aliphatic rings. The van der Waals surface area contributed by atoms with Crippen molar-refractivity contribution in [1.82, 2.24) is 4.90 Å². The van der Waals surface area contributed by atoms with Crippen LogP contribution in [0.1, 0.15) is 50.2 Å². The Kier molecular flexibility index (Phi) is 7.51. The molecule has 0 unspecified atom stereocenters. The van der Waals surface area contributed by atoms with Crippen LogP contribution in [-0.2, 0) is 31.3 Å². The van der Waals surface area contributed by atoms with E-state index >= 15 is 4.11 Å². The van der Waals surface area contributed by atoms with Crippen LogP contribution in [0, 0.1) is 5.92 Å². The fourth-order valence-electron chi connectivity index (χ4n) is 7.89. The molecule has 10 heteroatoms. The van der Waals surface area contributed by atoms with Gasteiger partial charge in [0.25, 0.3) is 5.91 Å². The van der Waals surface area contributed by atoms with E-state index in [0.717, 1.165) is 24.8 Å². The van der Waals surface area contributed by atoms with Crippen molar-refractivity contribution in [3.63, 3.8) is 0 Å². The summed E-state index contributed by atoms with van der Waals surface area (Å²) in [5, 5.41) is 9.81. The number of hydrogen-bond donors (Lipinski definition) is 1. The number of anilines is 2. The van der Waals surface area contributed by atoms with Crippen LogP contribution in [0.25, 0.3) is 0 Å². The monoisotopic (exact) mass is 593 g/mol. The van der Waals surface area contributed by atoms with Gasteiger partial charge >= 0.3 is 0 Å². The number of carbonyl (C=O) groups excluding carboxylic acids is 3. The molecule has 1 N–H and O–H groups in total. The van der Waals surface area contributed by atoms with Crippen LogP contribution in [0.3, 0.4) is 0 Å². The van der Waals surface area contributed by atoms with E-state index in [-0.39, 0.29) is 36.8 Å². The minimum atomic E-state index is -3.45. The van der Waals surface area contributed by atoms with Crippen molar-refractivity contribution < 1.29 is 28.3 Å². The van der Waals surface area contributed by atoms with Gasteiger partial charge in [-0.25, -0.2) is 0 Å². The lowest BCUT2D eigenvalue weighted by Crippen LogP contribution is -2.45. The SMILES string of the molecule is C[C@@H]1[C@@H]([Si](C)(C)F)[C@H](CC(=O)N2CCC[C@H]2CO)O[C@@]12C(=O)N(Cc1ccccc1)c1ccc(N3CCCC3=O)cc12. The predicted octanol–water partition coefficient (Wildman–Crippen LogP) is 4.51. The zero-order valence-electron chi connectivity index (χ0n) is 24.6. The van der Waals surface area contributed by atoms with E-state index in [1.165, 1.54) is 0 Å². The van der Waals surface area contributed by atoms with E-state index in [1.54, 1.807) is 27.8 Å². The molecule has 42 heavy (non-hydrogen) atoms. The Morgan fingerprint density at radius 1 is 1.12 bits per heavy atom. The standard InChI is InChI=1S/C32H40FN3O5Si/c1-21-30(42(2,3)33)27(18-29(39)35-15-7-11-24(35)20-37)41-32(21)25-17-23(34-16-8-12-28(34)38)13-14-26(25)36(31(32)40)19-22-9-5-4-6-10-22/h4-6,9-10,13-14,17,21,24,27,30,37H,7-8,11-12,15-16,18-20H2,1-3H3/t21-,24+,27+,30-,32+/m1/s1. The van der Waals surface area contributed by atoms with E-state index in [2.05, 4.69) is 0 Å². The summed E-state index contributed by atoms with van der Waals surface area (Å²) in [6.07, 6.45) is 1.97. The Balaban J connectivity index is 1.43.